The molecule has 0 radical (unpaired) electrons. The zero-order valence-corrected chi connectivity index (χ0v) is 29.7. The highest BCUT2D eigenvalue weighted by Gasteiger charge is 2.30. The summed E-state index contributed by atoms with van der Waals surface area (Å²) in [5, 5.41) is 8.96. The fourth-order valence-corrected chi connectivity index (χ4v) is 6.02. The molecule has 2 aliphatic rings. The van der Waals surface area contributed by atoms with Crippen molar-refractivity contribution >= 4 is 34.6 Å². The summed E-state index contributed by atoms with van der Waals surface area (Å²) in [6.07, 6.45) is 0.671. The van der Waals surface area contributed by atoms with Crippen molar-refractivity contribution in [2.75, 3.05) is 59.6 Å². The van der Waals surface area contributed by atoms with Gasteiger partial charge in [-0.2, -0.15) is 0 Å². The van der Waals surface area contributed by atoms with Crippen molar-refractivity contribution in [1.29, 1.82) is 5.41 Å². The van der Waals surface area contributed by atoms with E-state index in [0.717, 1.165) is 72.7 Å². The number of halogens is 1. The van der Waals surface area contributed by atoms with Gasteiger partial charge in [0.25, 0.3) is 0 Å². The standard InChI is InChI=1S/C35H50N4O5.BrH/c1-8-31(42-7)29-19-28-26(18-32(29)43-9-2)21-39(34(28)36)22-30(40)25-15-24(16-27(17-25)35(4,5)6)20-37-11-13-38(14-12-37)23-33(41)44-10-3;/h15-19,31,36H,8-14,20-23H2,1-7H3;1H. The number of benzene rings is 2. The van der Waals surface area contributed by atoms with Crippen LogP contribution in [0, 0.1) is 5.41 Å². The number of nitrogens with one attached hydrogen (secondary N) is 1. The molecule has 248 valence electrons. The number of carbonyl (C=O) groups excluding carboxylic acids is 2. The average molecular weight is 688 g/mol. The first-order valence-electron chi connectivity index (χ1n) is 15.9. The number of hydrogen-bond acceptors (Lipinski definition) is 8. The first-order chi connectivity index (χ1) is 21.0. The zero-order valence-electron chi connectivity index (χ0n) is 28.0. The molecular formula is C35H51BrN4O5. The molecule has 1 unspecified atom stereocenters. The zero-order chi connectivity index (χ0) is 32.0. The summed E-state index contributed by atoms with van der Waals surface area (Å²) in [5.74, 6) is 0.968. The summed E-state index contributed by atoms with van der Waals surface area (Å²) < 4.78 is 16.8. The molecule has 9 nitrogen and oxygen atoms in total. The molecule has 1 saturated heterocycles. The molecule has 2 aromatic rings. The summed E-state index contributed by atoms with van der Waals surface area (Å²) >= 11 is 0. The predicted octanol–water partition coefficient (Wildman–Crippen LogP) is 5.76. The lowest BCUT2D eigenvalue weighted by Gasteiger charge is -2.34. The second kappa shape index (κ2) is 16.2. The van der Waals surface area contributed by atoms with Gasteiger partial charge in [-0.1, -0.05) is 33.8 Å². The second-order valence-electron chi connectivity index (χ2n) is 12.8. The van der Waals surface area contributed by atoms with E-state index in [4.69, 9.17) is 19.6 Å². The Bertz CT molecular complexity index is 1350. The van der Waals surface area contributed by atoms with E-state index < -0.39 is 0 Å². The lowest BCUT2D eigenvalue weighted by molar-refractivity contribution is -0.144. The smallest absolute Gasteiger partial charge is 0.320 e. The molecule has 2 heterocycles. The Balaban J connectivity index is 0.00000552. The van der Waals surface area contributed by atoms with Gasteiger partial charge in [0.1, 0.15) is 11.6 Å². The lowest BCUT2D eigenvalue weighted by Crippen LogP contribution is -2.47. The first-order valence-corrected chi connectivity index (χ1v) is 15.9. The largest absolute Gasteiger partial charge is 0.493 e. The van der Waals surface area contributed by atoms with Crippen molar-refractivity contribution in [2.45, 2.75) is 72.6 Å². The molecule has 0 aromatic heterocycles. The molecule has 1 atom stereocenters. The van der Waals surface area contributed by atoms with Crippen molar-refractivity contribution in [3.8, 4) is 5.75 Å². The van der Waals surface area contributed by atoms with E-state index in [1.807, 2.05) is 43.0 Å². The maximum atomic E-state index is 13.8. The molecule has 2 aliphatic heterocycles. The number of hydrogen-bond donors (Lipinski definition) is 1. The highest BCUT2D eigenvalue weighted by molar-refractivity contribution is 8.93. The van der Waals surface area contributed by atoms with Gasteiger partial charge in [-0.25, -0.2) is 0 Å². The molecule has 0 amide bonds. The number of carbonyl (C=O) groups is 2. The average Bonchev–Trinajstić information content (AvgIpc) is 3.28. The number of ketones is 1. The number of methoxy groups -OCH3 is 1. The van der Waals surface area contributed by atoms with E-state index in [0.29, 0.717) is 37.7 Å². The molecule has 10 heteroatoms. The van der Waals surface area contributed by atoms with Crippen LogP contribution >= 0.6 is 17.0 Å². The van der Waals surface area contributed by atoms with Gasteiger partial charge >= 0.3 is 5.97 Å². The van der Waals surface area contributed by atoms with Crippen LogP contribution in [0.3, 0.4) is 0 Å². The third-order valence-corrected chi connectivity index (χ3v) is 8.51. The Morgan fingerprint density at radius 2 is 1.62 bits per heavy atom. The van der Waals surface area contributed by atoms with E-state index in [9.17, 15) is 9.59 Å². The summed E-state index contributed by atoms with van der Waals surface area (Å²) in [4.78, 5) is 32.1. The molecule has 0 bridgehead atoms. The van der Waals surface area contributed by atoms with Gasteiger partial charge in [0.2, 0.25) is 0 Å². The van der Waals surface area contributed by atoms with Gasteiger partial charge < -0.3 is 19.1 Å². The Morgan fingerprint density at radius 3 is 2.22 bits per heavy atom. The first kappa shape index (κ1) is 36.7. The number of fused-ring (bicyclic) bond motifs is 1. The van der Waals surface area contributed by atoms with Crippen LogP contribution in [0.25, 0.3) is 0 Å². The number of nitrogens with zero attached hydrogens (tertiary/aromatic N) is 3. The molecule has 1 N–H and O–H groups in total. The van der Waals surface area contributed by atoms with Crippen LogP contribution in [0.15, 0.2) is 30.3 Å². The maximum Gasteiger partial charge on any atom is 0.320 e. The number of ether oxygens (including phenoxy) is 3. The van der Waals surface area contributed by atoms with Crippen LogP contribution in [-0.4, -0.2) is 91.9 Å². The number of amidine groups is 1. The fourth-order valence-electron chi connectivity index (χ4n) is 6.02. The predicted molar refractivity (Wildman–Crippen MR) is 183 cm³/mol. The summed E-state index contributed by atoms with van der Waals surface area (Å²) in [7, 11) is 1.69. The highest BCUT2D eigenvalue weighted by Crippen LogP contribution is 2.36. The van der Waals surface area contributed by atoms with Crippen LogP contribution in [0.4, 0.5) is 0 Å². The van der Waals surface area contributed by atoms with E-state index >= 15 is 0 Å². The third-order valence-electron chi connectivity index (χ3n) is 8.51. The van der Waals surface area contributed by atoms with E-state index in [1.54, 1.807) is 7.11 Å². The number of Topliss-reactive ketones (excluding diaryl/α,β-unsaturated/α-hetero) is 1. The van der Waals surface area contributed by atoms with Crippen molar-refractivity contribution < 1.29 is 23.8 Å². The van der Waals surface area contributed by atoms with Crippen LogP contribution in [0.2, 0.25) is 0 Å². The van der Waals surface area contributed by atoms with Crippen molar-refractivity contribution in [1.82, 2.24) is 14.7 Å². The molecule has 0 aliphatic carbocycles. The van der Waals surface area contributed by atoms with Gasteiger partial charge in [-0.05, 0) is 66.6 Å². The molecule has 45 heavy (non-hydrogen) atoms. The second-order valence-corrected chi connectivity index (χ2v) is 12.8. The van der Waals surface area contributed by atoms with E-state index in [2.05, 4.69) is 43.6 Å². The molecule has 2 aromatic carbocycles. The molecule has 4 rings (SSSR count). The topological polar surface area (TPSA) is 95.4 Å². The van der Waals surface area contributed by atoms with Crippen molar-refractivity contribution in [2.24, 2.45) is 0 Å². The Hall–Kier alpha value is -2.79. The molecule has 0 saturated carbocycles. The minimum atomic E-state index is -0.175. The highest BCUT2D eigenvalue weighted by atomic mass is 79.9. The van der Waals surface area contributed by atoms with Gasteiger partial charge in [0.05, 0.1) is 32.4 Å². The van der Waals surface area contributed by atoms with Crippen LogP contribution in [0.5, 0.6) is 5.75 Å². The SMILES string of the molecule is Br.CCOC(=O)CN1CCN(Cc2cc(C(=O)CN3Cc4cc(OCC)c(C(CC)OC)cc4C3=N)cc(C(C)(C)C)c2)CC1. The minimum Gasteiger partial charge on any atom is -0.493 e. The van der Waals surface area contributed by atoms with Gasteiger partial charge in [-0.15, -0.1) is 17.0 Å². The van der Waals surface area contributed by atoms with Gasteiger partial charge in [0, 0.05) is 63.1 Å². The van der Waals surface area contributed by atoms with Crippen molar-refractivity contribution in [3.63, 3.8) is 0 Å². The summed E-state index contributed by atoms with van der Waals surface area (Å²) in [6.45, 7) is 18.3. The van der Waals surface area contributed by atoms with Crippen LogP contribution < -0.4 is 4.74 Å². The number of piperazine rings is 1. The fraction of sp³-hybridized carbons (Fsp3) is 0.571. The lowest BCUT2D eigenvalue weighted by atomic mass is 9.84. The van der Waals surface area contributed by atoms with Crippen LogP contribution in [-0.2, 0) is 32.8 Å². The third kappa shape index (κ3) is 9.15. The number of rotatable bonds is 13. The van der Waals surface area contributed by atoms with E-state index in [1.165, 1.54) is 0 Å². The van der Waals surface area contributed by atoms with Crippen molar-refractivity contribution in [3.05, 3.63) is 63.7 Å². The number of esters is 1. The maximum absolute atomic E-state index is 13.8. The van der Waals surface area contributed by atoms with Gasteiger partial charge in [0.15, 0.2) is 5.78 Å². The minimum absolute atomic E-state index is 0. The monoisotopic (exact) mass is 686 g/mol. The summed E-state index contributed by atoms with van der Waals surface area (Å²) in [6, 6.07) is 10.3. The Morgan fingerprint density at radius 1 is 0.933 bits per heavy atom. The van der Waals surface area contributed by atoms with E-state index in [-0.39, 0.29) is 46.8 Å². The Labute approximate surface area is 279 Å². The normalized spacial score (nSPS) is 16.2. The molecular weight excluding hydrogens is 636 g/mol. The molecule has 1 fully saturated rings. The molecule has 0 spiro atoms. The van der Waals surface area contributed by atoms with Gasteiger partial charge in [-0.3, -0.25) is 24.8 Å². The summed E-state index contributed by atoms with van der Waals surface area (Å²) in [5.41, 5.74) is 5.55. The quantitative estimate of drug-likeness (QED) is 0.210. The van der Waals surface area contributed by atoms with Crippen LogP contribution in [0.1, 0.15) is 92.2 Å². The Kier molecular flexibility index (Phi) is 13.2.